The molecular weight excluding hydrogens is 330 g/mol. The van der Waals surface area contributed by atoms with Crippen LogP contribution >= 0.6 is 15.9 Å². The molecule has 0 saturated heterocycles. The molecule has 4 nitrogen and oxygen atoms in total. The molecule has 0 heterocycles. The third-order valence-electron chi connectivity index (χ3n) is 2.06. The number of anilines is 1. The van der Waals surface area contributed by atoms with Crippen molar-refractivity contribution in [3.05, 3.63) is 28.2 Å². The zero-order valence-electron chi connectivity index (χ0n) is 9.63. The molecule has 2 N–H and O–H groups in total. The third-order valence-corrected chi connectivity index (χ3v) is 3.78. The van der Waals surface area contributed by atoms with Gasteiger partial charge in [0, 0.05) is 11.0 Å². The maximum atomic E-state index is 13.4. The summed E-state index contributed by atoms with van der Waals surface area (Å²) < 4.78 is 52.1. The fourth-order valence-electron chi connectivity index (χ4n) is 1.23. The lowest BCUT2D eigenvalue weighted by molar-refractivity contribution is 0.580. The highest BCUT2D eigenvalue weighted by Crippen LogP contribution is 2.24. The van der Waals surface area contributed by atoms with Gasteiger partial charge in [-0.1, -0.05) is 22.9 Å². The van der Waals surface area contributed by atoms with Crippen LogP contribution in [-0.4, -0.2) is 27.3 Å². The molecule has 0 aromatic heterocycles. The highest BCUT2D eigenvalue weighted by molar-refractivity contribution is 9.10. The fraction of sp³-hybridized carbons (Fsp3) is 0.400. The van der Waals surface area contributed by atoms with Crippen molar-refractivity contribution in [1.29, 1.82) is 0 Å². The molecule has 1 aromatic carbocycles. The number of rotatable bonds is 6. The van der Waals surface area contributed by atoms with E-state index in [0.717, 1.165) is 12.1 Å². The number of hydrogen-bond donors (Lipinski definition) is 2. The number of nitrogens with one attached hydrogen (secondary N) is 2. The lowest BCUT2D eigenvalue weighted by atomic mass is 10.3. The summed E-state index contributed by atoms with van der Waals surface area (Å²) in [6.07, 6.45) is 0. The van der Waals surface area contributed by atoms with Crippen LogP contribution in [0.3, 0.4) is 0 Å². The van der Waals surface area contributed by atoms with Crippen molar-refractivity contribution in [2.45, 2.75) is 6.92 Å². The SMILES string of the molecule is CCNCCS(=O)(=O)Nc1c(F)cc(Br)cc1F. The maximum absolute atomic E-state index is 13.4. The zero-order valence-corrected chi connectivity index (χ0v) is 12.0. The highest BCUT2D eigenvalue weighted by atomic mass is 79.9. The quantitative estimate of drug-likeness (QED) is 0.778. The van der Waals surface area contributed by atoms with Crippen molar-refractivity contribution in [3.63, 3.8) is 0 Å². The van der Waals surface area contributed by atoms with Crippen LogP contribution in [0.4, 0.5) is 14.5 Å². The van der Waals surface area contributed by atoms with Crippen LogP contribution in [0.25, 0.3) is 0 Å². The predicted octanol–water partition coefficient (Wildman–Crippen LogP) is 2.08. The van der Waals surface area contributed by atoms with Crippen LogP contribution in [0.1, 0.15) is 6.92 Å². The Hall–Kier alpha value is -0.730. The van der Waals surface area contributed by atoms with Gasteiger partial charge in [0.05, 0.1) is 5.75 Å². The predicted molar refractivity (Wildman–Crippen MR) is 70.0 cm³/mol. The Morgan fingerprint density at radius 3 is 2.33 bits per heavy atom. The van der Waals surface area contributed by atoms with Gasteiger partial charge in [-0.3, -0.25) is 4.72 Å². The Balaban J connectivity index is 2.84. The largest absolute Gasteiger partial charge is 0.316 e. The van der Waals surface area contributed by atoms with Crippen LogP contribution in [0.5, 0.6) is 0 Å². The first-order chi connectivity index (χ1) is 8.35. The molecule has 0 spiro atoms. The second-order valence-corrected chi connectivity index (χ2v) is 6.28. The Kier molecular flexibility index (Phi) is 5.48. The molecule has 0 fully saturated rings. The summed E-state index contributed by atoms with van der Waals surface area (Å²) >= 11 is 2.91. The first kappa shape index (κ1) is 15.3. The minimum absolute atomic E-state index is 0.202. The average Bonchev–Trinajstić information content (AvgIpc) is 2.23. The molecule has 0 aliphatic heterocycles. The van der Waals surface area contributed by atoms with Gasteiger partial charge in [-0.15, -0.1) is 0 Å². The molecule has 0 saturated carbocycles. The molecule has 0 aliphatic carbocycles. The van der Waals surface area contributed by atoms with E-state index in [0.29, 0.717) is 6.54 Å². The topological polar surface area (TPSA) is 58.2 Å². The molecule has 1 rings (SSSR count). The van der Waals surface area contributed by atoms with E-state index in [9.17, 15) is 17.2 Å². The van der Waals surface area contributed by atoms with Gasteiger partial charge in [-0.05, 0) is 18.7 Å². The first-order valence-corrected chi connectivity index (χ1v) is 7.66. The maximum Gasteiger partial charge on any atom is 0.234 e. The van der Waals surface area contributed by atoms with Crippen molar-refractivity contribution in [1.82, 2.24) is 5.32 Å². The normalized spacial score (nSPS) is 11.6. The molecule has 102 valence electrons. The lowest BCUT2D eigenvalue weighted by Gasteiger charge is -2.10. The van der Waals surface area contributed by atoms with Gasteiger partial charge in [0.25, 0.3) is 0 Å². The number of sulfonamides is 1. The summed E-state index contributed by atoms with van der Waals surface area (Å²) in [6, 6.07) is 1.98. The standard InChI is InChI=1S/C10H13BrF2N2O2S/c1-2-14-3-4-18(16,17)15-10-8(12)5-7(11)6-9(10)13/h5-6,14-15H,2-4H2,1H3. The molecule has 0 bridgehead atoms. The summed E-state index contributed by atoms with van der Waals surface area (Å²) in [7, 11) is -3.77. The van der Waals surface area contributed by atoms with Gasteiger partial charge in [-0.25, -0.2) is 17.2 Å². The molecule has 0 radical (unpaired) electrons. The minimum atomic E-state index is -3.77. The fourth-order valence-corrected chi connectivity index (χ4v) is 2.65. The Morgan fingerprint density at radius 1 is 1.28 bits per heavy atom. The van der Waals surface area contributed by atoms with Gasteiger partial charge < -0.3 is 5.32 Å². The first-order valence-electron chi connectivity index (χ1n) is 5.21. The van der Waals surface area contributed by atoms with E-state index in [2.05, 4.69) is 21.2 Å². The molecule has 0 amide bonds. The molecule has 0 unspecified atom stereocenters. The molecule has 8 heteroatoms. The second-order valence-electron chi connectivity index (χ2n) is 3.52. The van der Waals surface area contributed by atoms with Crippen LogP contribution in [-0.2, 0) is 10.0 Å². The van der Waals surface area contributed by atoms with Gasteiger partial charge >= 0.3 is 0 Å². The average molecular weight is 343 g/mol. The second kappa shape index (κ2) is 6.44. The number of halogens is 3. The van der Waals surface area contributed by atoms with Crippen molar-refractivity contribution in [3.8, 4) is 0 Å². The van der Waals surface area contributed by atoms with Gasteiger partial charge in [-0.2, -0.15) is 0 Å². The van der Waals surface area contributed by atoms with E-state index in [-0.39, 0.29) is 16.8 Å². The van der Waals surface area contributed by atoms with Crippen LogP contribution in [0, 0.1) is 11.6 Å². The summed E-state index contributed by atoms with van der Waals surface area (Å²) in [5.41, 5.74) is -0.658. The lowest BCUT2D eigenvalue weighted by Crippen LogP contribution is -2.27. The Labute approximate surface area is 113 Å². The molecular formula is C10H13BrF2N2O2S. The summed E-state index contributed by atoms with van der Waals surface area (Å²) in [4.78, 5) is 0. The highest BCUT2D eigenvalue weighted by Gasteiger charge is 2.17. The molecule has 18 heavy (non-hydrogen) atoms. The van der Waals surface area contributed by atoms with Crippen molar-refractivity contribution >= 4 is 31.6 Å². The van der Waals surface area contributed by atoms with E-state index < -0.39 is 27.3 Å². The van der Waals surface area contributed by atoms with E-state index >= 15 is 0 Å². The number of hydrogen-bond acceptors (Lipinski definition) is 3. The van der Waals surface area contributed by atoms with Crippen molar-refractivity contribution in [2.24, 2.45) is 0 Å². The van der Waals surface area contributed by atoms with Crippen molar-refractivity contribution < 1.29 is 17.2 Å². The van der Waals surface area contributed by atoms with Gasteiger partial charge in [0.2, 0.25) is 10.0 Å². The Bertz CT molecular complexity index is 500. The van der Waals surface area contributed by atoms with E-state index in [4.69, 9.17) is 0 Å². The van der Waals surface area contributed by atoms with Gasteiger partial charge in [0.1, 0.15) is 5.69 Å². The number of benzene rings is 1. The van der Waals surface area contributed by atoms with Crippen LogP contribution in [0.2, 0.25) is 0 Å². The van der Waals surface area contributed by atoms with Gasteiger partial charge in [0.15, 0.2) is 11.6 Å². The summed E-state index contributed by atoms with van der Waals surface area (Å²) in [5, 5.41) is 2.81. The monoisotopic (exact) mass is 342 g/mol. The van der Waals surface area contributed by atoms with Crippen LogP contribution in [0.15, 0.2) is 16.6 Å². The van der Waals surface area contributed by atoms with E-state index in [1.54, 1.807) is 0 Å². The minimum Gasteiger partial charge on any atom is -0.316 e. The molecule has 0 aliphatic rings. The van der Waals surface area contributed by atoms with E-state index in [1.165, 1.54) is 0 Å². The third kappa shape index (κ3) is 4.51. The van der Waals surface area contributed by atoms with Crippen LogP contribution < -0.4 is 10.0 Å². The molecule has 1 aromatic rings. The Morgan fingerprint density at radius 2 is 1.83 bits per heavy atom. The molecule has 0 atom stereocenters. The summed E-state index contributed by atoms with van der Waals surface area (Å²) in [6.45, 7) is 2.66. The van der Waals surface area contributed by atoms with Crippen molar-refractivity contribution in [2.75, 3.05) is 23.6 Å². The smallest absolute Gasteiger partial charge is 0.234 e. The summed E-state index contributed by atoms with van der Waals surface area (Å²) in [5.74, 6) is -2.18. The van der Waals surface area contributed by atoms with E-state index in [1.807, 2.05) is 11.6 Å². The zero-order chi connectivity index (χ0) is 13.8.